The summed E-state index contributed by atoms with van der Waals surface area (Å²) in [6.07, 6.45) is 2.80. The second kappa shape index (κ2) is 8.57. The Morgan fingerprint density at radius 2 is 1.87 bits per heavy atom. The quantitative estimate of drug-likeness (QED) is 0.827. The largest absolute Gasteiger partial charge is 0.482 e. The number of rotatable bonds is 5. The van der Waals surface area contributed by atoms with Crippen molar-refractivity contribution in [1.29, 1.82) is 0 Å². The van der Waals surface area contributed by atoms with Crippen LogP contribution in [0, 0.1) is 0 Å². The lowest BCUT2D eigenvalue weighted by atomic mass is 10.1. The van der Waals surface area contributed by atoms with Crippen molar-refractivity contribution < 1.29 is 19.1 Å². The predicted molar refractivity (Wildman–Crippen MR) is 114 cm³/mol. The molecule has 0 aliphatic carbocycles. The Balaban J connectivity index is 1.55. The lowest BCUT2D eigenvalue weighted by Gasteiger charge is -2.29. The molecule has 2 aromatic carbocycles. The fraction of sp³-hybridized carbons (Fsp3) is 0.348. The van der Waals surface area contributed by atoms with Gasteiger partial charge in [-0.25, -0.2) is 0 Å². The van der Waals surface area contributed by atoms with Crippen LogP contribution in [0.25, 0.3) is 0 Å². The van der Waals surface area contributed by atoms with Gasteiger partial charge in [0.05, 0.1) is 5.69 Å². The van der Waals surface area contributed by atoms with E-state index in [1.807, 2.05) is 36.1 Å². The number of fused-ring (bicyclic) bond motifs is 1. The molecular weight excluding hydrogens is 382 g/mol. The highest BCUT2D eigenvalue weighted by atomic mass is 16.5. The molecule has 0 unspecified atom stereocenters. The van der Waals surface area contributed by atoms with Gasteiger partial charge in [0.25, 0.3) is 11.8 Å². The third-order valence-electron chi connectivity index (χ3n) is 5.52. The topological polar surface area (TPSA) is 79.0 Å². The summed E-state index contributed by atoms with van der Waals surface area (Å²) in [7, 11) is 0. The summed E-state index contributed by atoms with van der Waals surface area (Å²) in [4.78, 5) is 41.2. The summed E-state index contributed by atoms with van der Waals surface area (Å²) in [5.74, 6) is -0.176. The molecule has 0 spiro atoms. The standard InChI is InChI=1S/C23H25N3O4/c1-2-16-7-3-4-8-18(16)24-21(27)14-26-19-13-17(23(29)25-11-5-6-12-25)9-10-20(19)30-15-22(26)28/h3-4,7-10,13H,2,5-6,11-12,14-15H2,1H3,(H,24,27). The molecule has 156 valence electrons. The number of nitrogens with one attached hydrogen (secondary N) is 1. The van der Waals surface area contributed by atoms with Crippen LogP contribution in [-0.4, -0.2) is 48.9 Å². The highest BCUT2D eigenvalue weighted by molar-refractivity contribution is 6.06. The van der Waals surface area contributed by atoms with Crippen molar-refractivity contribution in [2.75, 3.05) is 36.5 Å². The predicted octanol–water partition coefficient (Wildman–Crippen LogP) is 2.85. The molecule has 0 radical (unpaired) electrons. The number of carbonyl (C=O) groups is 3. The molecule has 2 heterocycles. The van der Waals surface area contributed by atoms with Crippen LogP contribution in [-0.2, 0) is 16.0 Å². The second-order valence-electron chi connectivity index (χ2n) is 7.51. The Kier molecular flexibility index (Phi) is 5.70. The third kappa shape index (κ3) is 4.01. The number of hydrogen-bond acceptors (Lipinski definition) is 4. The molecule has 2 aliphatic rings. The number of para-hydroxylation sites is 1. The molecule has 3 amide bonds. The molecule has 0 atom stereocenters. The van der Waals surface area contributed by atoms with E-state index in [2.05, 4.69) is 5.32 Å². The lowest BCUT2D eigenvalue weighted by molar-refractivity contribution is -0.123. The highest BCUT2D eigenvalue weighted by Gasteiger charge is 2.29. The van der Waals surface area contributed by atoms with Crippen molar-refractivity contribution in [3.05, 3.63) is 53.6 Å². The normalized spacial score (nSPS) is 15.6. The fourth-order valence-corrected chi connectivity index (χ4v) is 3.90. The van der Waals surface area contributed by atoms with Gasteiger partial charge in [-0.1, -0.05) is 25.1 Å². The van der Waals surface area contributed by atoms with Crippen LogP contribution in [0.5, 0.6) is 5.75 Å². The van der Waals surface area contributed by atoms with Crippen molar-refractivity contribution >= 4 is 29.1 Å². The van der Waals surface area contributed by atoms with Crippen LogP contribution in [0.3, 0.4) is 0 Å². The molecular formula is C23H25N3O4. The molecule has 2 aromatic rings. The number of carbonyl (C=O) groups excluding carboxylic acids is 3. The van der Waals surface area contributed by atoms with Crippen LogP contribution in [0.2, 0.25) is 0 Å². The summed E-state index contributed by atoms with van der Waals surface area (Å²) >= 11 is 0. The first-order valence-electron chi connectivity index (χ1n) is 10.3. The Hall–Kier alpha value is -3.35. The minimum atomic E-state index is -0.313. The molecule has 7 heteroatoms. The maximum absolute atomic E-state index is 12.8. The number of hydrogen-bond donors (Lipinski definition) is 1. The van der Waals surface area contributed by atoms with Crippen LogP contribution >= 0.6 is 0 Å². The van der Waals surface area contributed by atoms with Crippen LogP contribution in [0.1, 0.15) is 35.7 Å². The van der Waals surface area contributed by atoms with E-state index in [-0.39, 0.29) is 30.9 Å². The smallest absolute Gasteiger partial charge is 0.265 e. The third-order valence-corrected chi connectivity index (χ3v) is 5.52. The van der Waals surface area contributed by atoms with Gasteiger partial charge in [-0.3, -0.25) is 19.3 Å². The Morgan fingerprint density at radius 1 is 1.10 bits per heavy atom. The van der Waals surface area contributed by atoms with E-state index in [1.54, 1.807) is 18.2 Å². The number of benzene rings is 2. The number of ether oxygens (including phenoxy) is 1. The van der Waals surface area contributed by atoms with Gasteiger partial charge in [0.2, 0.25) is 5.91 Å². The van der Waals surface area contributed by atoms with E-state index in [9.17, 15) is 14.4 Å². The number of nitrogens with zero attached hydrogens (tertiary/aromatic N) is 2. The molecule has 2 aliphatic heterocycles. The summed E-state index contributed by atoms with van der Waals surface area (Å²) in [6, 6.07) is 12.7. The molecule has 0 saturated carbocycles. The zero-order valence-corrected chi connectivity index (χ0v) is 17.0. The first-order chi connectivity index (χ1) is 14.6. The van der Waals surface area contributed by atoms with Gasteiger partial charge in [0, 0.05) is 24.3 Å². The second-order valence-corrected chi connectivity index (χ2v) is 7.51. The zero-order valence-electron chi connectivity index (χ0n) is 17.0. The minimum Gasteiger partial charge on any atom is -0.482 e. The van der Waals surface area contributed by atoms with E-state index in [1.165, 1.54) is 4.90 Å². The maximum Gasteiger partial charge on any atom is 0.265 e. The number of anilines is 2. The van der Waals surface area contributed by atoms with Crippen molar-refractivity contribution in [2.24, 2.45) is 0 Å². The number of amides is 3. The van der Waals surface area contributed by atoms with E-state index in [0.29, 0.717) is 17.0 Å². The maximum atomic E-state index is 12.8. The van der Waals surface area contributed by atoms with Gasteiger partial charge in [-0.2, -0.15) is 0 Å². The van der Waals surface area contributed by atoms with E-state index in [0.717, 1.165) is 43.6 Å². The van der Waals surface area contributed by atoms with Crippen LogP contribution in [0.4, 0.5) is 11.4 Å². The summed E-state index contributed by atoms with van der Waals surface area (Å²) in [6.45, 7) is 3.23. The first-order valence-corrected chi connectivity index (χ1v) is 10.3. The Labute approximate surface area is 175 Å². The summed E-state index contributed by atoms with van der Waals surface area (Å²) in [5, 5.41) is 2.89. The molecule has 1 fully saturated rings. The SMILES string of the molecule is CCc1ccccc1NC(=O)CN1C(=O)COc2ccc(C(=O)N3CCCC3)cc21. The van der Waals surface area contributed by atoms with Gasteiger partial charge < -0.3 is 15.0 Å². The van der Waals surface area contributed by atoms with Gasteiger partial charge in [0.1, 0.15) is 12.3 Å². The van der Waals surface area contributed by atoms with Crippen molar-refractivity contribution in [3.63, 3.8) is 0 Å². The van der Waals surface area contributed by atoms with Crippen LogP contribution < -0.4 is 15.0 Å². The van der Waals surface area contributed by atoms with Crippen molar-refractivity contribution in [3.8, 4) is 5.75 Å². The summed E-state index contributed by atoms with van der Waals surface area (Å²) < 4.78 is 5.51. The molecule has 7 nitrogen and oxygen atoms in total. The van der Waals surface area contributed by atoms with E-state index < -0.39 is 0 Å². The molecule has 30 heavy (non-hydrogen) atoms. The molecule has 4 rings (SSSR count). The monoisotopic (exact) mass is 407 g/mol. The van der Waals surface area contributed by atoms with Gasteiger partial charge >= 0.3 is 0 Å². The Morgan fingerprint density at radius 3 is 2.63 bits per heavy atom. The first kappa shape index (κ1) is 19.9. The van der Waals surface area contributed by atoms with Crippen molar-refractivity contribution in [2.45, 2.75) is 26.2 Å². The van der Waals surface area contributed by atoms with Gasteiger partial charge in [0.15, 0.2) is 6.61 Å². The molecule has 0 bridgehead atoms. The fourth-order valence-electron chi connectivity index (χ4n) is 3.90. The lowest BCUT2D eigenvalue weighted by Crippen LogP contribution is -2.43. The molecule has 0 aromatic heterocycles. The van der Waals surface area contributed by atoms with E-state index >= 15 is 0 Å². The highest BCUT2D eigenvalue weighted by Crippen LogP contribution is 2.33. The van der Waals surface area contributed by atoms with Gasteiger partial charge in [-0.15, -0.1) is 0 Å². The average Bonchev–Trinajstić information content (AvgIpc) is 3.30. The van der Waals surface area contributed by atoms with E-state index in [4.69, 9.17) is 4.74 Å². The van der Waals surface area contributed by atoms with Gasteiger partial charge in [-0.05, 0) is 49.1 Å². The van der Waals surface area contributed by atoms with Crippen molar-refractivity contribution in [1.82, 2.24) is 4.90 Å². The number of aryl methyl sites for hydroxylation is 1. The molecule has 1 N–H and O–H groups in total. The van der Waals surface area contributed by atoms with Crippen LogP contribution in [0.15, 0.2) is 42.5 Å². The Bertz CT molecular complexity index is 982. The molecule has 1 saturated heterocycles. The number of likely N-dealkylation sites (tertiary alicyclic amines) is 1. The minimum absolute atomic E-state index is 0.0606. The summed E-state index contributed by atoms with van der Waals surface area (Å²) in [5.41, 5.74) is 2.72. The average molecular weight is 407 g/mol. The zero-order chi connectivity index (χ0) is 21.1.